The summed E-state index contributed by atoms with van der Waals surface area (Å²) >= 11 is 1.34. The molecule has 0 bridgehead atoms. The number of methoxy groups -OCH3 is 1. The summed E-state index contributed by atoms with van der Waals surface area (Å²) in [5.74, 6) is 0.222. The number of esters is 1. The fourth-order valence-electron chi connectivity index (χ4n) is 4.11. The summed E-state index contributed by atoms with van der Waals surface area (Å²) in [4.78, 5) is 26.2. The van der Waals surface area contributed by atoms with Crippen LogP contribution in [0, 0.1) is 11.7 Å². The Morgan fingerprint density at radius 2 is 1.94 bits per heavy atom. The lowest BCUT2D eigenvalue weighted by atomic mass is 9.97. The Hall–Kier alpha value is -2.46. The molecule has 2 aliphatic rings. The van der Waals surface area contributed by atoms with Gasteiger partial charge in [-0.15, -0.1) is 10.2 Å². The van der Waals surface area contributed by atoms with Crippen molar-refractivity contribution in [3.8, 4) is 11.4 Å². The van der Waals surface area contributed by atoms with E-state index in [1.54, 1.807) is 17.0 Å². The van der Waals surface area contributed by atoms with Crippen molar-refractivity contribution in [2.24, 2.45) is 5.92 Å². The Bertz CT molecular complexity index is 938. The maximum Gasteiger partial charge on any atom is 0.308 e. The van der Waals surface area contributed by atoms with Crippen LogP contribution in [0.1, 0.15) is 25.7 Å². The van der Waals surface area contributed by atoms with Gasteiger partial charge in [0.25, 0.3) is 0 Å². The van der Waals surface area contributed by atoms with E-state index >= 15 is 0 Å². The van der Waals surface area contributed by atoms with E-state index < -0.39 is 0 Å². The van der Waals surface area contributed by atoms with Crippen LogP contribution < -0.4 is 0 Å². The number of hydrogen-bond acceptors (Lipinski definition) is 7. The SMILES string of the molecule is COC(=O)C1CCN(C(=O)CSc2nnc(-c3ccc(F)cc3)n2CC2CCCO2)CC1. The number of benzene rings is 1. The molecule has 4 rings (SSSR count). The molecule has 3 heterocycles. The van der Waals surface area contributed by atoms with Crippen LogP contribution in [0.2, 0.25) is 0 Å². The van der Waals surface area contributed by atoms with Crippen molar-refractivity contribution >= 4 is 23.6 Å². The second kappa shape index (κ2) is 10.4. The molecular formula is C22H27FN4O4S. The number of aromatic nitrogens is 3. The molecule has 0 radical (unpaired) electrons. The third kappa shape index (κ3) is 5.29. The molecular weight excluding hydrogens is 435 g/mol. The van der Waals surface area contributed by atoms with E-state index in [4.69, 9.17) is 9.47 Å². The summed E-state index contributed by atoms with van der Waals surface area (Å²) in [6.45, 7) is 2.41. The Morgan fingerprint density at radius 1 is 1.19 bits per heavy atom. The lowest BCUT2D eigenvalue weighted by molar-refractivity contribution is -0.148. The summed E-state index contributed by atoms with van der Waals surface area (Å²) in [5.41, 5.74) is 0.764. The molecule has 1 unspecified atom stereocenters. The fraction of sp³-hybridized carbons (Fsp3) is 0.545. The van der Waals surface area contributed by atoms with Gasteiger partial charge in [-0.2, -0.15) is 0 Å². The van der Waals surface area contributed by atoms with Gasteiger partial charge in [-0.3, -0.25) is 14.2 Å². The number of likely N-dealkylation sites (tertiary alicyclic amines) is 1. The summed E-state index contributed by atoms with van der Waals surface area (Å²) in [6, 6.07) is 6.15. The average molecular weight is 463 g/mol. The molecule has 172 valence electrons. The first-order valence-corrected chi connectivity index (χ1v) is 11.8. The van der Waals surface area contributed by atoms with Crippen molar-refractivity contribution in [3.05, 3.63) is 30.1 Å². The van der Waals surface area contributed by atoms with E-state index in [1.807, 2.05) is 4.57 Å². The maximum atomic E-state index is 13.4. The summed E-state index contributed by atoms with van der Waals surface area (Å²) in [7, 11) is 1.39. The first-order valence-electron chi connectivity index (χ1n) is 10.8. The number of amides is 1. The van der Waals surface area contributed by atoms with Crippen molar-refractivity contribution in [2.75, 3.05) is 32.6 Å². The van der Waals surface area contributed by atoms with Crippen molar-refractivity contribution in [1.82, 2.24) is 19.7 Å². The van der Waals surface area contributed by atoms with E-state index in [9.17, 15) is 14.0 Å². The number of piperidine rings is 1. The molecule has 0 N–H and O–H groups in total. The third-order valence-corrected chi connectivity index (χ3v) is 6.89. The van der Waals surface area contributed by atoms with Gasteiger partial charge in [0.15, 0.2) is 11.0 Å². The monoisotopic (exact) mass is 462 g/mol. The summed E-state index contributed by atoms with van der Waals surface area (Å²) in [5, 5.41) is 9.28. The highest BCUT2D eigenvalue weighted by Gasteiger charge is 2.28. The topological polar surface area (TPSA) is 86.5 Å². The number of carbonyl (C=O) groups excluding carboxylic acids is 2. The van der Waals surface area contributed by atoms with Crippen molar-refractivity contribution in [1.29, 1.82) is 0 Å². The first kappa shape index (κ1) is 22.7. The highest BCUT2D eigenvalue weighted by molar-refractivity contribution is 7.99. The van der Waals surface area contributed by atoms with Gasteiger partial charge in [-0.25, -0.2) is 4.39 Å². The molecule has 1 atom stereocenters. The number of thioether (sulfide) groups is 1. The van der Waals surface area contributed by atoms with Crippen LogP contribution in [0.5, 0.6) is 0 Å². The van der Waals surface area contributed by atoms with E-state index in [0.717, 1.165) is 25.0 Å². The molecule has 1 aromatic heterocycles. The van der Waals surface area contributed by atoms with E-state index in [1.165, 1.54) is 31.0 Å². The Labute approximate surface area is 190 Å². The van der Waals surface area contributed by atoms with Gasteiger partial charge in [0.05, 0.1) is 31.4 Å². The second-order valence-electron chi connectivity index (χ2n) is 8.03. The van der Waals surface area contributed by atoms with E-state index in [0.29, 0.717) is 43.5 Å². The predicted molar refractivity (Wildman–Crippen MR) is 116 cm³/mol. The fourth-order valence-corrected chi connectivity index (χ4v) is 4.96. The highest BCUT2D eigenvalue weighted by atomic mass is 32.2. The third-order valence-electron chi connectivity index (χ3n) is 5.94. The van der Waals surface area contributed by atoms with Crippen LogP contribution in [0.25, 0.3) is 11.4 Å². The molecule has 0 spiro atoms. The van der Waals surface area contributed by atoms with Crippen molar-refractivity contribution in [2.45, 2.75) is 43.5 Å². The molecule has 0 aliphatic carbocycles. The number of carbonyl (C=O) groups is 2. The molecule has 8 nitrogen and oxygen atoms in total. The molecule has 2 fully saturated rings. The zero-order valence-corrected chi connectivity index (χ0v) is 18.9. The lowest BCUT2D eigenvalue weighted by Gasteiger charge is -2.30. The quantitative estimate of drug-likeness (QED) is 0.462. The van der Waals surface area contributed by atoms with Crippen molar-refractivity contribution < 1.29 is 23.5 Å². The Kier molecular flexibility index (Phi) is 7.41. The predicted octanol–water partition coefficient (Wildman–Crippen LogP) is 2.77. The van der Waals surface area contributed by atoms with Crippen LogP contribution >= 0.6 is 11.8 Å². The summed E-state index contributed by atoms with van der Waals surface area (Å²) in [6.07, 6.45) is 3.28. The van der Waals surface area contributed by atoms with Gasteiger partial charge in [0.2, 0.25) is 5.91 Å². The van der Waals surface area contributed by atoms with Gasteiger partial charge < -0.3 is 14.4 Å². The standard InChI is InChI=1S/C22H27FN4O4S/c1-30-21(29)16-8-10-26(11-9-16)19(28)14-32-22-25-24-20(15-4-6-17(23)7-5-15)27(22)13-18-3-2-12-31-18/h4-7,16,18H,2-3,8-14H2,1H3. The van der Waals surface area contributed by atoms with E-state index in [-0.39, 0.29) is 35.5 Å². The molecule has 2 aliphatic heterocycles. The minimum atomic E-state index is -0.310. The molecule has 0 saturated carbocycles. The summed E-state index contributed by atoms with van der Waals surface area (Å²) < 4.78 is 25.9. The molecule has 2 saturated heterocycles. The maximum absolute atomic E-state index is 13.4. The molecule has 1 aromatic carbocycles. The Balaban J connectivity index is 1.43. The van der Waals surface area contributed by atoms with Crippen LogP contribution in [0.15, 0.2) is 29.4 Å². The minimum Gasteiger partial charge on any atom is -0.469 e. The molecule has 2 aromatic rings. The zero-order valence-electron chi connectivity index (χ0n) is 18.0. The van der Waals surface area contributed by atoms with Crippen molar-refractivity contribution in [3.63, 3.8) is 0 Å². The number of ether oxygens (including phenoxy) is 2. The van der Waals surface area contributed by atoms with E-state index in [2.05, 4.69) is 10.2 Å². The largest absolute Gasteiger partial charge is 0.469 e. The molecule has 32 heavy (non-hydrogen) atoms. The zero-order chi connectivity index (χ0) is 22.5. The van der Waals surface area contributed by atoms with Gasteiger partial charge in [-0.05, 0) is 49.9 Å². The van der Waals surface area contributed by atoms with Crippen LogP contribution in [0.3, 0.4) is 0 Å². The number of halogens is 1. The number of nitrogens with zero attached hydrogens (tertiary/aromatic N) is 4. The number of hydrogen-bond donors (Lipinski definition) is 0. The van der Waals surface area contributed by atoms with Crippen LogP contribution in [-0.2, 0) is 25.6 Å². The second-order valence-corrected chi connectivity index (χ2v) is 8.97. The van der Waals surface area contributed by atoms with Crippen LogP contribution in [-0.4, -0.2) is 70.2 Å². The van der Waals surface area contributed by atoms with Gasteiger partial charge >= 0.3 is 5.97 Å². The minimum absolute atomic E-state index is 0.00770. The highest BCUT2D eigenvalue weighted by Crippen LogP contribution is 2.27. The first-order chi connectivity index (χ1) is 15.5. The average Bonchev–Trinajstić information content (AvgIpc) is 3.48. The smallest absolute Gasteiger partial charge is 0.308 e. The van der Waals surface area contributed by atoms with Gasteiger partial charge in [0, 0.05) is 25.3 Å². The van der Waals surface area contributed by atoms with Gasteiger partial charge in [-0.1, -0.05) is 11.8 Å². The molecule has 1 amide bonds. The number of rotatable bonds is 7. The Morgan fingerprint density at radius 3 is 2.59 bits per heavy atom. The molecule has 10 heteroatoms. The van der Waals surface area contributed by atoms with Gasteiger partial charge in [0.1, 0.15) is 5.82 Å². The normalized spacial score (nSPS) is 19.3. The lowest BCUT2D eigenvalue weighted by Crippen LogP contribution is -2.41. The van der Waals surface area contributed by atoms with Crippen LogP contribution in [0.4, 0.5) is 4.39 Å².